The van der Waals surface area contributed by atoms with Crippen LogP contribution in [0.15, 0.2) is 0 Å². The lowest BCUT2D eigenvalue weighted by atomic mass is 9.53. The molecular formula is C14H24O4S. The van der Waals surface area contributed by atoms with Gasteiger partial charge in [-0.1, -0.05) is 27.7 Å². The number of hydrogen-bond donors (Lipinski definition) is 0. The zero-order chi connectivity index (χ0) is 14.4. The van der Waals surface area contributed by atoms with E-state index in [9.17, 15) is 8.42 Å². The Hall–Kier alpha value is -0.130. The van der Waals surface area contributed by atoms with Crippen LogP contribution in [0.1, 0.15) is 48.0 Å². The van der Waals surface area contributed by atoms with Crippen molar-refractivity contribution in [3.05, 3.63) is 0 Å². The lowest BCUT2D eigenvalue weighted by Gasteiger charge is -2.50. The Labute approximate surface area is 116 Å². The molecule has 2 bridgehead atoms. The maximum Gasteiger partial charge on any atom is 0.274 e. The van der Waals surface area contributed by atoms with Crippen LogP contribution in [0.3, 0.4) is 0 Å². The van der Waals surface area contributed by atoms with Gasteiger partial charge in [-0.25, -0.2) is 0 Å². The van der Waals surface area contributed by atoms with Gasteiger partial charge in [-0.05, 0) is 25.7 Å². The minimum atomic E-state index is -3.55. The van der Waals surface area contributed by atoms with E-state index < -0.39 is 26.6 Å². The van der Waals surface area contributed by atoms with Crippen LogP contribution in [0.5, 0.6) is 0 Å². The fourth-order valence-corrected chi connectivity index (χ4v) is 8.49. The van der Waals surface area contributed by atoms with Gasteiger partial charge >= 0.3 is 0 Å². The van der Waals surface area contributed by atoms with Gasteiger partial charge in [-0.2, -0.15) is 8.42 Å². The molecule has 0 radical (unpaired) electrons. The zero-order valence-electron chi connectivity index (χ0n) is 12.6. The highest BCUT2D eigenvalue weighted by molar-refractivity contribution is 7.87. The van der Waals surface area contributed by atoms with E-state index in [4.69, 9.17) is 8.92 Å². The van der Waals surface area contributed by atoms with Gasteiger partial charge in [-0.15, -0.1) is 0 Å². The maximum absolute atomic E-state index is 12.6. The van der Waals surface area contributed by atoms with E-state index >= 15 is 0 Å². The van der Waals surface area contributed by atoms with Gasteiger partial charge in [0.2, 0.25) is 0 Å². The highest BCUT2D eigenvalue weighted by Crippen LogP contribution is 2.71. The fraction of sp³-hybridized carbons (Fsp3) is 1.00. The van der Waals surface area contributed by atoms with Crippen LogP contribution >= 0.6 is 0 Å². The Morgan fingerprint density at radius 1 is 1.11 bits per heavy atom. The number of rotatable bonds is 2. The molecule has 3 aliphatic rings. The lowest BCUT2D eigenvalue weighted by molar-refractivity contribution is -0.0931. The molecule has 0 N–H and O–H groups in total. The van der Waals surface area contributed by atoms with E-state index in [1.165, 1.54) is 0 Å². The molecule has 110 valence electrons. The Balaban J connectivity index is 2.32. The van der Waals surface area contributed by atoms with Gasteiger partial charge in [0.05, 0.1) is 5.60 Å². The minimum Gasteiger partial charge on any atom is -0.364 e. The first-order chi connectivity index (χ1) is 8.52. The molecule has 3 rings (SSSR count). The Kier molecular flexibility index (Phi) is 2.45. The summed E-state index contributed by atoms with van der Waals surface area (Å²) in [6.45, 7) is 12.5. The summed E-state index contributed by atoms with van der Waals surface area (Å²) in [5.41, 5.74) is -1.47. The summed E-state index contributed by atoms with van der Waals surface area (Å²) in [4.78, 5) is 0. The van der Waals surface area contributed by atoms with Crippen LogP contribution < -0.4 is 0 Å². The Morgan fingerprint density at radius 3 is 2.11 bits per heavy atom. The predicted molar refractivity (Wildman–Crippen MR) is 72.2 cm³/mol. The molecule has 3 fully saturated rings. The third kappa shape index (κ3) is 1.21. The van der Waals surface area contributed by atoms with E-state index in [1.54, 1.807) is 0 Å². The standard InChI is InChI=1S/C14H24O4S/c1-8(2)14(9(3)4)11-13(6)10(17-19(11,15)16)7-12(14,5)18-13/h8-11H,7H2,1-6H3. The summed E-state index contributed by atoms with van der Waals surface area (Å²) < 4.78 is 36.8. The third-order valence-electron chi connectivity index (χ3n) is 5.98. The van der Waals surface area contributed by atoms with Gasteiger partial charge in [0, 0.05) is 11.8 Å². The monoisotopic (exact) mass is 288 g/mol. The number of fused-ring (bicyclic) bond motifs is 1. The van der Waals surface area contributed by atoms with Crippen molar-refractivity contribution < 1.29 is 17.3 Å². The quantitative estimate of drug-likeness (QED) is 0.732. The van der Waals surface area contributed by atoms with Crippen molar-refractivity contribution in [1.29, 1.82) is 0 Å². The summed E-state index contributed by atoms with van der Waals surface area (Å²) >= 11 is 0. The summed E-state index contributed by atoms with van der Waals surface area (Å²) in [6.07, 6.45) is 0.369. The van der Waals surface area contributed by atoms with Gasteiger partial charge in [-0.3, -0.25) is 4.18 Å². The lowest BCUT2D eigenvalue weighted by Crippen LogP contribution is -2.60. The summed E-state index contributed by atoms with van der Waals surface area (Å²) in [5, 5.41) is -0.545. The van der Waals surface area contributed by atoms with Crippen molar-refractivity contribution >= 4 is 10.1 Å². The molecule has 3 heterocycles. The largest absolute Gasteiger partial charge is 0.364 e. The van der Waals surface area contributed by atoms with E-state index in [-0.39, 0.29) is 23.4 Å². The molecule has 3 aliphatic heterocycles. The number of ether oxygens (including phenoxy) is 1. The molecule has 4 atom stereocenters. The van der Waals surface area contributed by atoms with Crippen LogP contribution in [0, 0.1) is 17.3 Å². The van der Waals surface area contributed by atoms with Gasteiger partial charge < -0.3 is 4.74 Å². The average molecular weight is 288 g/mol. The highest BCUT2D eigenvalue weighted by Gasteiger charge is 2.83. The van der Waals surface area contributed by atoms with Crippen molar-refractivity contribution in [2.24, 2.45) is 17.3 Å². The van der Waals surface area contributed by atoms with E-state index in [0.717, 1.165) is 0 Å². The molecule has 4 nitrogen and oxygen atoms in total. The van der Waals surface area contributed by atoms with Crippen LogP contribution in [0.2, 0.25) is 0 Å². The molecular weight excluding hydrogens is 264 g/mol. The van der Waals surface area contributed by atoms with E-state index in [1.807, 2.05) is 6.92 Å². The van der Waals surface area contributed by atoms with Crippen molar-refractivity contribution in [2.45, 2.75) is 70.5 Å². The van der Waals surface area contributed by atoms with Crippen LogP contribution in [0.4, 0.5) is 0 Å². The van der Waals surface area contributed by atoms with Gasteiger partial charge in [0.25, 0.3) is 10.1 Å². The molecule has 3 saturated heterocycles. The molecule has 0 spiro atoms. The number of hydrogen-bond acceptors (Lipinski definition) is 4. The summed E-state index contributed by atoms with van der Waals surface area (Å²) in [7, 11) is -3.55. The second kappa shape index (κ2) is 3.37. The van der Waals surface area contributed by atoms with Crippen molar-refractivity contribution in [3.8, 4) is 0 Å². The Morgan fingerprint density at radius 2 is 1.63 bits per heavy atom. The van der Waals surface area contributed by atoms with E-state index in [2.05, 4.69) is 34.6 Å². The molecule has 5 heteroatoms. The Bertz CT molecular complexity index is 516. The molecule has 0 aliphatic carbocycles. The topological polar surface area (TPSA) is 52.6 Å². The molecule has 0 amide bonds. The molecule has 0 aromatic carbocycles. The first-order valence-electron chi connectivity index (χ1n) is 7.14. The average Bonchev–Trinajstić information content (AvgIpc) is 2.60. The SMILES string of the molecule is CC(C)C1(C(C)C)C2C3(C)OC1(C)CC3OS2(=O)=O. The van der Waals surface area contributed by atoms with E-state index in [0.29, 0.717) is 6.42 Å². The molecule has 19 heavy (non-hydrogen) atoms. The summed E-state index contributed by atoms with van der Waals surface area (Å²) in [5.74, 6) is 0.448. The first-order valence-corrected chi connectivity index (χ1v) is 8.62. The van der Waals surface area contributed by atoms with Crippen LogP contribution in [0.25, 0.3) is 0 Å². The maximum atomic E-state index is 12.6. The summed E-state index contributed by atoms with van der Waals surface area (Å²) in [6, 6.07) is 0. The highest BCUT2D eigenvalue weighted by atomic mass is 32.2. The second-order valence-corrected chi connectivity index (χ2v) is 9.07. The van der Waals surface area contributed by atoms with Gasteiger partial charge in [0.15, 0.2) is 0 Å². The molecule has 0 aromatic heterocycles. The fourth-order valence-electron chi connectivity index (χ4n) is 5.75. The molecule has 0 saturated carbocycles. The van der Waals surface area contributed by atoms with Crippen molar-refractivity contribution in [2.75, 3.05) is 0 Å². The van der Waals surface area contributed by atoms with Gasteiger partial charge in [0.1, 0.15) is 17.0 Å². The normalized spacial score (nSPS) is 49.5. The molecule has 0 aromatic rings. The predicted octanol–water partition coefficient (Wildman–Crippen LogP) is 2.33. The van der Waals surface area contributed by atoms with Crippen molar-refractivity contribution in [3.63, 3.8) is 0 Å². The minimum absolute atomic E-state index is 0.224. The zero-order valence-corrected chi connectivity index (χ0v) is 13.4. The van der Waals surface area contributed by atoms with Crippen LogP contribution in [-0.4, -0.2) is 31.0 Å². The second-order valence-electron chi connectivity index (χ2n) is 7.42. The third-order valence-corrected chi connectivity index (χ3v) is 7.92. The first kappa shape index (κ1) is 13.8. The van der Waals surface area contributed by atoms with Crippen LogP contribution in [-0.2, 0) is 19.0 Å². The molecule has 4 unspecified atom stereocenters. The smallest absolute Gasteiger partial charge is 0.274 e. The van der Waals surface area contributed by atoms with Crippen molar-refractivity contribution in [1.82, 2.24) is 0 Å².